The second-order valence-electron chi connectivity index (χ2n) is 5.03. The maximum absolute atomic E-state index is 12.0. The minimum atomic E-state index is 0.0587. The van der Waals surface area contributed by atoms with Crippen LogP contribution in [0.5, 0.6) is 0 Å². The Labute approximate surface area is 109 Å². The molecule has 0 fully saturated rings. The van der Waals surface area contributed by atoms with Gasteiger partial charge in [0.1, 0.15) is 5.78 Å². The molecule has 0 aliphatic rings. The highest BCUT2D eigenvalue weighted by molar-refractivity contribution is 5.84. The van der Waals surface area contributed by atoms with Gasteiger partial charge in [0.05, 0.1) is 0 Å². The summed E-state index contributed by atoms with van der Waals surface area (Å²) < 4.78 is 0. The Morgan fingerprint density at radius 1 is 1.39 bits per heavy atom. The van der Waals surface area contributed by atoms with Gasteiger partial charge in [0, 0.05) is 42.0 Å². The molecule has 0 radical (unpaired) electrons. The summed E-state index contributed by atoms with van der Waals surface area (Å²) in [5.41, 5.74) is 12.9. The molecule has 4 nitrogen and oxygen atoms in total. The summed E-state index contributed by atoms with van der Waals surface area (Å²) in [5, 5.41) is 0. The molecule has 100 valence electrons. The normalized spacial score (nSPS) is 14.2. The molecule has 1 aromatic heterocycles. The zero-order valence-electron chi connectivity index (χ0n) is 11.2. The molecule has 4 N–H and O–H groups in total. The number of hydrogen-bond donors (Lipinski definition) is 2. The number of carbonyl (C=O) groups is 1. The number of ketones is 1. The molecule has 0 aliphatic carbocycles. The van der Waals surface area contributed by atoms with Gasteiger partial charge in [0.2, 0.25) is 0 Å². The zero-order chi connectivity index (χ0) is 13.5. The van der Waals surface area contributed by atoms with Gasteiger partial charge in [-0.15, -0.1) is 0 Å². The van der Waals surface area contributed by atoms with E-state index in [1.165, 1.54) is 0 Å². The summed E-state index contributed by atoms with van der Waals surface area (Å²) in [5.74, 6) is 0.280. The lowest BCUT2D eigenvalue weighted by Crippen LogP contribution is -2.17. The van der Waals surface area contributed by atoms with E-state index >= 15 is 0 Å². The smallest absolute Gasteiger partial charge is 0.140 e. The number of carbonyl (C=O) groups excluding carboxylic acids is 1. The van der Waals surface area contributed by atoms with Gasteiger partial charge in [-0.1, -0.05) is 13.3 Å². The quantitative estimate of drug-likeness (QED) is 0.773. The summed E-state index contributed by atoms with van der Waals surface area (Å²) in [7, 11) is 0. The van der Waals surface area contributed by atoms with Gasteiger partial charge in [-0.05, 0) is 25.8 Å². The third kappa shape index (κ3) is 4.84. The first kappa shape index (κ1) is 14.6. The van der Waals surface area contributed by atoms with Crippen molar-refractivity contribution in [1.82, 2.24) is 4.98 Å². The predicted octanol–water partition coefficient (Wildman–Crippen LogP) is 1.93. The number of rotatable bonds is 7. The second-order valence-corrected chi connectivity index (χ2v) is 5.03. The van der Waals surface area contributed by atoms with Crippen molar-refractivity contribution in [2.45, 2.75) is 45.6 Å². The molecule has 0 bridgehead atoms. The Morgan fingerprint density at radius 2 is 2.11 bits per heavy atom. The number of aromatic nitrogens is 1. The van der Waals surface area contributed by atoms with Gasteiger partial charge in [-0.2, -0.15) is 0 Å². The zero-order valence-corrected chi connectivity index (χ0v) is 11.2. The number of pyridine rings is 1. The van der Waals surface area contributed by atoms with Gasteiger partial charge >= 0.3 is 0 Å². The van der Waals surface area contributed by atoms with E-state index < -0.39 is 0 Å². The van der Waals surface area contributed by atoms with E-state index in [4.69, 9.17) is 11.5 Å². The first-order chi connectivity index (χ1) is 8.50. The van der Waals surface area contributed by atoms with Crippen molar-refractivity contribution in [3.8, 4) is 0 Å². The molecule has 0 saturated heterocycles. The molecule has 0 saturated carbocycles. The minimum Gasteiger partial charge on any atom is -0.398 e. The van der Waals surface area contributed by atoms with E-state index in [0.717, 1.165) is 24.8 Å². The standard InChI is InChI=1S/C14H23N3O/c1-10(4-3-5-11(2)15)14(18)8-12-9-17-7-6-13(12)16/h6-7,9-11H,3-5,8,15H2,1-2H3,(H2,16,17). The second kappa shape index (κ2) is 7.11. The van der Waals surface area contributed by atoms with Gasteiger partial charge in [-0.3, -0.25) is 9.78 Å². The van der Waals surface area contributed by atoms with Crippen molar-refractivity contribution in [3.63, 3.8) is 0 Å². The highest BCUT2D eigenvalue weighted by atomic mass is 16.1. The lowest BCUT2D eigenvalue weighted by atomic mass is 9.94. The van der Waals surface area contributed by atoms with Crippen LogP contribution in [-0.4, -0.2) is 16.8 Å². The predicted molar refractivity (Wildman–Crippen MR) is 74.0 cm³/mol. The summed E-state index contributed by atoms with van der Waals surface area (Å²) in [6, 6.07) is 1.94. The third-order valence-corrected chi connectivity index (χ3v) is 3.15. The van der Waals surface area contributed by atoms with E-state index in [-0.39, 0.29) is 17.7 Å². The van der Waals surface area contributed by atoms with Crippen molar-refractivity contribution in [3.05, 3.63) is 24.0 Å². The van der Waals surface area contributed by atoms with Crippen molar-refractivity contribution in [2.75, 3.05) is 5.73 Å². The molecule has 0 spiro atoms. The Bertz CT molecular complexity index is 390. The van der Waals surface area contributed by atoms with Crippen LogP contribution in [0.2, 0.25) is 0 Å². The van der Waals surface area contributed by atoms with Gasteiger partial charge in [-0.25, -0.2) is 0 Å². The molecule has 0 amide bonds. The number of anilines is 1. The van der Waals surface area contributed by atoms with Crippen LogP contribution in [0.3, 0.4) is 0 Å². The van der Waals surface area contributed by atoms with E-state index in [0.29, 0.717) is 12.1 Å². The molecular formula is C14H23N3O. The maximum Gasteiger partial charge on any atom is 0.140 e. The first-order valence-electron chi connectivity index (χ1n) is 6.47. The van der Waals surface area contributed by atoms with Gasteiger partial charge in [0.25, 0.3) is 0 Å². The van der Waals surface area contributed by atoms with Crippen molar-refractivity contribution in [1.29, 1.82) is 0 Å². The largest absolute Gasteiger partial charge is 0.398 e. The van der Waals surface area contributed by atoms with Crippen LogP contribution in [0.1, 0.15) is 38.7 Å². The van der Waals surface area contributed by atoms with E-state index in [1.54, 1.807) is 18.5 Å². The van der Waals surface area contributed by atoms with Gasteiger partial charge in [0.15, 0.2) is 0 Å². The summed E-state index contributed by atoms with van der Waals surface area (Å²) in [6.07, 6.45) is 6.52. The third-order valence-electron chi connectivity index (χ3n) is 3.15. The minimum absolute atomic E-state index is 0.0587. The molecule has 0 aliphatic heterocycles. The summed E-state index contributed by atoms with van der Waals surface area (Å²) in [6.45, 7) is 3.96. The van der Waals surface area contributed by atoms with Crippen LogP contribution < -0.4 is 11.5 Å². The molecule has 2 atom stereocenters. The molecule has 4 heteroatoms. The van der Waals surface area contributed by atoms with Crippen molar-refractivity contribution >= 4 is 11.5 Å². The lowest BCUT2D eigenvalue weighted by molar-refractivity contribution is -0.121. The number of nitrogens with zero attached hydrogens (tertiary/aromatic N) is 1. The van der Waals surface area contributed by atoms with E-state index in [9.17, 15) is 4.79 Å². The van der Waals surface area contributed by atoms with E-state index in [2.05, 4.69) is 4.98 Å². The Morgan fingerprint density at radius 3 is 2.72 bits per heavy atom. The Kier molecular flexibility index (Phi) is 5.78. The highest BCUT2D eigenvalue weighted by Gasteiger charge is 2.14. The average Bonchev–Trinajstić information content (AvgIpc) is 2.31. The van der Waals surface area contributed by atoms with Crippen molar-refractivity contribution in [2.24, 2.45) is 11.7 Å². The number of Topliss-reactive ketones (excluding diaryl/α,β-unsaturated/α-hetero) is 1. The average molecular weight is 249 g/mol. The van der Waals surface area contributed by atoms with Crippen LogP contribution in [0.25, 0.3) is 0 Å². The van der Waals surface area contributed by atoms with Crippen LogP contribution in [0.4, 0.5) is 5.69 Å². The topological polar surface area (TPSA) is 82.0 Å². The van der Waals surface area contributed by atoms with Crippen LogP contribution >= 0.6 is 0 Å². The fraction of sp³-hybridized carbons (Fsp3) is 0.571. The number of nitrogens with two attached hydrogens (primary N) is 2. The Hall–Kier alpha value is -1.42. The summed E-state index contributed by atoms with van der Waals surface area (Å²) >= 11 is 0. The maximum atomic E-state index is 12.0. The van der Waals surface area contributed by atoms with Crippen molar-refractivity contribution < 1.29 is 4.79 Å². The molecule has 1 aromatic rings. The fourth-order valence-corrected chi connectivity index (χ4v) is 1.85. The molecule has 18 heavy (non-hydrogen) atoms. The van der Waals surface area contributed by atoms with Crippen LogP contribution in [0.15, 0.2) is 18.5 Å². The molecular weight excluding hydrogens is 226 g/mol. The Balaban J connectivity index is 2.43. The van der Waals surface area contributed by atoms with Crippen LogP contribution in [0, 0.1) is 5.92 Å². The highest BCUT2D eigenvalue weighted by Crippen LogP contribution is 2.16. The lowest BCUT2D eigenvalue weighted by Gasteiger charge is -2.12. The fourth-order valence-electron chi connectivity index (χ4n) is 1.85. The molecule has 1 rings (SSSR count). The van der Waals surface area contributed by atoms with E-state index in [1.807, 2.05) is 13.8 Å². The molecule has 2 unspecified atom stereocenters. The van der Waals surface area contributed by atoms with Crippen LogP contribution in [-0.2, 0) is 11.2 Å². The number of hydrogen-bond acceptors (Lipinski definition) is 4. The first-order valence-corrected chi connectivity index (χ1v) is 6.47. The summed E-state index contributed by atoms with van der Waals surface area (Å²) in [4.78, 5) is 16.0. The number of nitrogen functional groups attached to an aromatic ring is 1. The monoisotopic (exact) mass is 249 g/mol. The molecule has 1 heterocycles. The SMILES string of the molecule is CC(N)CCCC(C)C(=O)Cc1cnccc1N. The van der Waals surface area contributed by atoms with Gasteiger partial charge < -0.3 is 11.5 Å². The molecule has 0 aromatic carbocycles.